The van der Waals surface area contributed by atoms with Crippen molar-refractivity contribution < 1.29 is 9.84 Å². The van der Waals surface area contributed by atoms with Gasteiger partial charge in [-0.3, -0.25) is 4.90 Å². The molecule has 1 aromatic carbocycles. The molecule has 96 valence electrons. The van der Waals surface area contributed by atoms with Crippen LogP contribution in [0.5, 0.6) is 0 Å². The summed E-state index contributed by atoms with van der Waals surface area (Å²) in [4.78, 5) is 2.05. The van der Waals surface area contributed by atoms with Crippen LogP contribution in [0.25, 0.3) is 0 Å². The van der Waals surface area contributed by atoms with Crippen LogP contribution in [0, 0.1) is 0 Å². The first kappa shape index (κ1) is 14.7. The number of benzene rings is 1. The molecule has 1 N–H and O–H groups in total. The van der Waals surface area contributed by atoms with Crippen LogP contribution >= 0.6 is 23.2 Å². The van der Waals surface area contributed by atoms with Crippen molar-refractivity contribution in [2.75, 3.05) is 33.4 Å². The van der Waals surface area contributed by atoms with Gasteiger partial charge in [0.25, 0.3) is 0 Å². The van der Waals surface area contributed by atoms with Gasteiger partial charge in [0.1, 0.15) is 0 Å². The Balaban J connectivity index is 2.70. The monoisotopic (exact) mass is 277 g/mol. The van der Waals surface area contributed by atoms with Gasteiger partial charge in [-0.1, -0.05) is 29.3 Å². The predicted octanol–water partition coefficient (Wildman–Crippen LogP) is 2.43. The number of ether oxygens (including phenoxy) is 1. The van der Waals surface area contributed by atoms with Crippen LogP contribution in [0.15, 0.2) is 18.2 Å². The zero-order valence-electron chi connectivity index (χ0n) is 9.83. The summed E-state index contributed by atoms with van der Waals surface area (Å²) in [6, 6.07) is 5.45. The molecule has 3 nitrogen and oxygen atoms in total. The summed E-state index contributed by atoms with van der Waals surface area (Å²) in [6.45, 7) is 2.64. The van der Waals surface area contributed by atoms with Gasteiger partial charge in [0.2, 0.25) is 0 Å². The Morgan fingerprint density at radius 2 is 1.88 bits per heavy atom. The molecule has 1 aromatic rings. The minimum absolute atomic E-state index is 0.103. The van der Waals surface area contributed by atoms with Crippen LogP contribution in [-0.2, 0) is 11.3 Å². The van der Waals surface area contributed by atoms with Crippen molar-refractivity contribution in [3.8, 4) is 0 Å². The quantitative estimate of drug-likeness (QED) is 0.831. The molecule has 0 amide bonds. The Bertz CT molecular complexity index is 327. The van der Waals surface area contributed by atoms with Gasteiger partial charge in [-0.05, 0) is 12.1 Å². The Hall–Kier alpha value is -0.320. The molecule has 0 radical (unpaired) electrons. The van der Waals surface area contributed by atoms with E-state index in [1.165, 1.54) is 0 Å². The lowest BCUT2D eigenvalue weighted by Gasteiger charge is -2.22. The van der Waals surface area contributed by atoms with E-state index in [9.17, 15) is 0 Å². The maximum absolute atomic E-state index is 9.00. The Kier molecular flexibility index (Phi) is 6.85. The normalized spacial score (nSPS) is 11.1. The molecule has 0 aromatic heterocycles. The molecule has 0 unspecified atom stereocenters. The van der Waals surface area contributed by atoms with Crippen LogP contribution < -0.4 is 0 Å². The van der Waals surface area contributed by atoms with Gasteiger partial charge in [0.05, 0.1) is 13.2 Å². The number of halogens is 2. The van der Waals surface area contributed by atoms with E-state index >= 15 is 0 Å². The van der Waals surface area contributed by atoms with E-state index in [2.05, 4.69) is 4.90 Å². The van der Waals surface area contributed by atoms with E-state index < -0.39 is 0 Å². The molecule has 0 saturated heterocycles. The molecule has 0 saturated carbocycles. The smallest absolute Gasteiger partial charge is 0.0589 e. The highest BCUT2D eigenvalue weighted by molar-refractivity contribution is 6.35. The van der Waals surface area contributed by atoms with Crippen molar-refractivity contribution in [1.29, 1.82) is 0 Å². The number of aliphatic hydroxyl groups excluding tert-OH is 1. The summed E-state index contributed by atoms with van der Waals surface area (Å²) >= 11 is 12.2. The zero-order chi connectivity index (χ0) is 12.7. The number of nitrogens with zero attached hydrogens (tertiary/aromatic N) is 1. The Labute approximate surface area is 112 Å². The SMILES string of the molecule is COCCN(CCO)Cc1c(Cl)cccc1Cl. The van der Waals surface area contributed by atoms with E-state index in [1.54, 1.807) is 7.11 Å². The zero-order valence-corrected chi connectivity index (χ0v) is 11.3. The van der Waals surface area contributed by atoms with Crippen molar-refractivity contribution in [2.45, 2.75) is 6.54 Å². The van der Waals surface area contributed by atoms with Crippen molar-refractivity contribution >= 4 is 23.2 Å². The first-order valence-corrected chi connectivity index (χ1v) is 6.19. The summed E-state index contributed by atoms with van der Waals surface area (Å²) in [5, 5.41) is 10.3. The van der Waals surface area contributed by atoms with Gasteiger partial charge in [-0.25, -0.2) is 0 Å². The molecule has 5 heteroatoms. The maximum atomic E-state index is 9.00. The van der Waals surface area contributed by atoms with E-state index in [0.717, 1.165) is 12.1 Å². The van der Waals surface area contributed by atoms with Gasteiger partial charge in [-0.2, -0.15) is 0 Å². The van der Waals surface area contributed by atoms with Crippen molar-refractivity contribution in [2.24, 2.45) is 0 Å². The fourth-order valence-electron chi connectivity index (χ4n) is 1.54. The average Bonchev–Trinajstić information content (AvgIpc) is 2.31. The standard InChI is InChI=1S/C12H17Cl2NO2/c1-17-8-6-15(5-7-16)9-10-11(13)3-2-4-12(10)14/h2-4,16H,5-9H2,1H3. The van der Waals surface area contributed by atoms with Crippen LogP contribution in [-0.4, -0.2) is 43.4 Å². The molecular weight excluding hydrogens is 261 g/mol. The van der Waals surface area contributed by atoms with Crippen LogP contribution in [0.4, 0.5) is 0 Å². The molecule has 0 atom stereocenters. The summed E-state index contributed by atoms with van der Waals surface area (Å²) in [6.07, 6.45) is 0. The minimum atomic E-state index is 0.103. The minimum Gasteiger partial charge on any atom is -0.395 e. The summed E-state index contributed by atoms with van der Waals surface area (Å²) in [5.41, 5.74) is 0.889. The molecular formula is C12H17Cl2NO2. The van der Waals surface area contributed by atoms with Crippen LogP contribution in [0.2, 0.25) is 10.0 Å². The molecule has 1 rings (SSSR count). The summed E-state index contributed by atoms with van der Waals surface area (Å²) in [7, 11) is 1.65. The average molecular weight is 278 g/mol. The van der Waals surface area contributed by atoms with Crippen molar-refractivity contribution in [1.82, 2.24) is 4.90 Å². The number of methoxy groups -OCH3 is 1. The predicted molar refractivity (Wildman–Crippen MR) is 70.7 cm³/mol. The molecule has 17 heavy (non-hydrogen) atoms. The number of hydrogen-bond donors (Lipinski definition) is 1. The van der Waals surface area contributed by atoms with Crippen molar-refractivity contribution in [3.63, 3.8) is 0 Å². The number of rotatable bonds is 7. The third kappa shape index (κ3) is 4.82. The number of hydrogen-bond acceptors (Lipinski definition) is 3. The largest absolute Gasteiger partial charge is 0.395 e. The van der Waals surface area contributed by atoms with E-state index in [4.69, 9.17) is 33.0 Å². The van der Waals surface area contributed by atoms with Crippen LogP contribution in [0.3, 0.4) is 0 Å². The second-order valence-corrected chi connectivity index (χ2v) is 4.51. The van der Waals surface area contributed by atoms with Crippen LogP contribution in [0.1, 0.15) is 5.56 Å². The highest BCUT2D eigenvalue weighted by Gasteiger charge is 2.11. The van der Waals surface area contributed by atoms with Gasteiger partial charge in [0, 0.05) is 42.4 Å². The molecule has 0 spiro atoms. The van der Waals surface area contributed by atoms with Gasteiger partial charge < -0.3 is 9.84 Å². The second kappa shape index (κ2) is 7.90. The van der Waals surface area contributed by atoms with Crippen molar-refractivity contribution in [3.05, 3.63) is 33.8 Å². The highest BCUT2D eigenvalue weighted by atomic mass is 35.5. The van der Waals surface area contributed by atoms with Gasteiger partial charge in [-0.15, -0.1) is 0 Å². The summed E-state index contributed by atoms with van der Waals surface area (Å²) in [5.74, 6) is 0. The fraction of sp³-hybridized carbons (Fsp3) is 0.500. The topological polar surface area (TPSA) is 32.7 Å². The fourth-order valence-corrected chi connectivity index (χ4v) is 2.06. The maximum Gasteiger partial charge on any atom is 0.0589 e. The third-order valence-electron chi connectivity index (χ3n) is 2.47. The first-order chi connectivity index (χ1) is 8.19. The second-order valence-electron chi connectivity index (χ2n) is 3.69. The molecule has 0 aliphatic rings. The molecule has 0 aliphatic heterocycles. The molecule has 0 bridgehead atoms. The highest BCUT2D eigenvalue weighted by Crippen LogP contribution is 2.25. The van der Waals surface area contributed by atoms with E-state index in [1.807, 2.05) is 18.2 Å². The van der Waals surface area contributed by atoms with Gasteiger partial charge in [0.15, 0.2) is 0 Å². The molecule has 0 heterocycles. The lowest BCUT2D eigenvalue weighted by Crippen LogP contribution is -2.30. The molecule has 0 aliphatic carbocycles. The molecule has 0 fully saturated rings. The van der Waals surface area contributed by atoms with E-state index in [0.29, 0.717) is 29.7 Å². The Morgan fingerprint density at radius 3 is 2.41 bits per heavy atom. The Morgan fingerprint density at radius 1 is 1.24 bits per heavy atom. The number of aliphatic hydroxyl groups is 1. The lowest BCUT2D eigenvalue weighted by atomic mass is 10.2. The third-order valence-corrected chi connectivity index (χ3v) is 3.18. The summed E-state index contributed by atoms with van der Waals surface area (Å²) < 4.78 is 5.03. The van der Waals surface area contributed by atoms with Gasteiger partial charge >= 0.3 is 0 Å². The lowest BCUT2D eigenvalue weighted by molar-refractivity contribution is 0.127. The van der Waals surface area contributed by atoms with E-state index in [-0.39, 0.29) is 6.61 Å². The first-order valence-electron chi connectivity index (χ1n) is 5.44.